The molecule has 1 aliphatic heterocycles. The second-order valence-electron chi connectivity index (χ2n) is 6.05. The standard InChI is InChI=1S/C18H24N4O2/c1-4-15-16(5-2)20-21-18(19-15)22-11-13(23)10-17(22)12-7-6-8-14(9-12)24-3/h6-9,13,17,23H,4-5,10-11H2,1-3H3/t13-,17-/m0/s1. The van der Waals surface area contributed by atoms with E-state index < -0.39 is 6.10 Å². The SMILES string of the molecule is CCc1nnc(N2C[C@@H](O)C[C@H]2c2cccc(OC)c2)nc1CC. The van der Waals surface area contributed by atoms with E-state index in [-0.39, 0.29) is 6.04 Å². The molecule has 1 aromatic heterocycles. The Bertz CT molecular complexity index is 707. The molecule has 0 unspecified atom stereocenters. The maximum Gasteiger partial charge on any atom is 0.246 e. The molecule has 1 N–H and O–H groups in total. The maximum absolute atomic E-state index is 10.2. The molecule has 0 spiro atoms. The number of aliphatic hydroxyl groups is 1. The number of aliphatic hydroxyl groups excluding tert-OH is 1. The Morgan fingerprint density at radius 2 is 2.00 bits per heavy atom. The molecule has 2 aromatic rings. The van der Waals surface area contributed by atoms with Crippen LogP contribution in [-0.4, -0.2) is 40.0 Å². The third-order valence-corrected chi connectivity index (χ3v) is 4.51. The van der Waals surface area contributed by atoms with Crippen LogP contribution in [0.25, 0.3) is 0 Å². The average Bonchev–Trinajstić information content (AvgIpc) is 3.03. The summed E-state index contributed by atoms with van der Waals surface area (Å²) in [6.45, 7) is 4.65. The zero-order valence-electron chi connectivity index (χ0n) is 14.4. The number of nitrogens with zero attached hydrogens (tertiary/aromatic N) is 4. The van der Waals surface area contributed by atoms with Gasteiger partial charge in [-0.05, 0) is 37.0 Å². The third kappa shape index (κ3) is 3.19. The summed E-state index contributed by atoms with van der Waals surface area (Å²) in [4.78, 5) is 6.75. The Hall–Kier alpha value is -2.21. The van der Waals surface area contributed by atoms with E-state index in [4.69, 9.17) is 9.72 Å². The third-order valence-electron chi connectivity index (χ3n) is 4.51. The van der Waals surface area contributed by atoms with Crippen molar-refractivity contribution < 1.29 is 9.84 Å². The molecule has 2 atom stereocenters. The number of anilines is 1. The lowest BCUT2D eigenvalue weighted by atomic mass is 10.0. The van der Waals surface area contributed by atoms with E-state index in [9.17, 15) is 5.11 Å². The van der Waals surface area contributed by atoms with Crippen LogP contribution in [0, 0.1) is 0 Å². The van der Waals surface area contributed by atoms with Gasteiger partial charge in [0.05, 0.1) is 30.6 Å². The lowest BCUT2D eigenvalue weighted by Crippen LogP contribution is -2.27. The zero-order valence-corrected chi connectivity index (χ0v) is 14.4. The van der Waals surface area contributed by atoms with Crippen LogP contribution in [0.2, 0.25) is 0 Å². The molecule has 1 fully saturated rings. The molecule has 1 aromatic carbocycles. The van der Waals surface area contributed by atoms with Crippen molar-refractivity contribution in [1.82, 2.24) is 15.2 Å². The molecule has 24 heavy (non-hydrogen) atoms. The lowest BCUT2D eigenvalue weighted by Gasteiger charge is -2.25. The lowest BCUT2D eigenvalue weighted by molar-refractivity contribution is 0.194. The molecule has 6 nitrogen and oxygen atoms in total. The molecule has 0 aliphatic carbocycles. The number of hydrogen-bond donors (Lipinski definition) is 1. The average molecular weight is 328 g/mol. The summed E-state index contributed by atoms with van der Waals surface area (Å²) >= 11 is 0. The Labute approximate surface area is 142 Å². The molecule has 1 saturated heterocycles. The predicted octanol–water partition coefficient (Wildman–Crippen LogP) is 2.32. The number of aryl methyl sites for hydroxylation is 2. The molecule has 0 amide bonds. The molecule has 1 aliphatic rings. The number of rotatable bonds is 5. The zero-order chi connectivity index (χ0) is 17.1. The van der Waals surface area contributed by atoms with Gasteiger partial charge in [-0.1, -0.05) is 26.0 Å². The van der Waals surface area contributed by atoms with Gasteiger partial charge in [-0.25, -0.2) is 4.98 Å². The van der Waals surface area contributed by atoms with E-state index >= 15 is 0 Å². The highest BCUT2D eigenvalue weighted by Crippen LogP contribution is 2.35. The number of aromatic nitrogens is 3. The van der Waals surface area contributed by atoms with Crippen LogP contribution in [0.5, 0.6) is 5.75 Å². The number of β-amino-alcohol motifs (C(OH)–C–C–N with tert-alkyl or cyclic N) is 1. The molecule has 0 saturated carbocycles. The van der Waals surface area contributed by atoms with Gasteiger partial charge >= 0.3 is 0 Å². The van der Waals surface area contributed by atoms with Gasteiger partial charge in [0.25, 0.3) is 0 Å². The number of benzene rings is 1. The predicted molar refractivity (Wildman–Crippen MR) is 92.3 cm³/mol. The van der Waals surface area contributed by atoms with Crippen molar-refractivity contribution in [3.63, 3.8) is 0 Å². The fraction of sp³-hybridized carbons (Fsp3) is 0.500. The van der Waals surface area contributed by atoms with Crippen LogP contribution in [0.3, 0.4) is 0 Å². The van der Waals surface area contributed by atoms with Crippen LogP contribution >= 0.6 is 0 Å². The first-order chi connectivity index (χ1) is 11.7. The quantitative estimate of drug-likeness (QED) is 0.908. The van der Waals surface area contributed by atoms with Gasteiger partial charge in [0.15, 0.2) is 0 Å². The van der Waals surface area contributed by atoms with Crippen molar-refractivity contribution in [2.45, 2.75) is 45.3 Å². The topological polar surface area (TPSA) is 71.4 Å². The Balaban J connectivity index is 1.95. The molecule has 2 heterocycles. The minimum atomic E-state index is -0.402. The first kappa shape index (κ1) is 16.6. The summed E-state index contributed by atoms with van der Waals surface area (Å²) in [5.41, 5.74) is 3.01. The Kier molecular flexibility index (Phi) is 4.94. The van der Waals surface area contributed by atoms with Crippen LogP contribution in [0.1, 0.15) is 43.3 Å². The van der Waals surface area contributed by atoms with Gasteiger partial charge in [0, 0.05) is 6.54 Å². The van der Waals surface area contributed by atoms with E-state index in [0.717, 1.165) is 35.5 Å². The molecular formula is C18H24N4O2. The highest BCUT2D eigenvalue weighted by molar-refractivity contribution is 5.41. The monoisotopic (exact) mass is 328 g/mol. The van der Waals surface area contributed by atoms with Gasteiger partial charge in [-0.2, -0.15) is 5.10 Å². The molecule has 0 radical (unpaired) electrons. The molecule has 6 heteroatoms. The number of methoxy groups -OCH3 is 1. The summed E-state index contributed by atoms with van der Waals surface area (Å²) in [6.07, 6.45) is 1.89. The van der Waals surface area contributed by atoms with Crippen molar-refractivity contribution in [3.05, 3.63) is 41.2 Å². The maximum atomic E-state index is 10.2. The van der Waals surface area contributed by atoms with Gasteiger partial charge in [-0.3, -0.25) is 0 Å². The second-order valence-corrected chi connectivity index (χ2v) is 6.05. The summed E-state index contributed by atoms with van der Waals surface area (Å²) in [5.74, 6) is 1.40. The van der Waals surface area contributed by atoms with E-state index in [2.05, 4.69) is 24.0 Å². The van der Waals surface area contributed by atoms with Crippen LogP contribution in [0.15, 0.2) is 24.3 Å². The van der Waals surface area contributed by atoms with Crippen LogP contribution in [0.4, 0.5) is 5.95 Å². The minimum Gasteiger partial charge on any atom is -0.497 e. The fourth-order valence-corrected chi connectivity index (χ4v) is 3.25. The van der Waals surface area contributed by atoms with Gasteiger partial charge in [0.1, 0.15) is 5.75 Å². The summed E-state index contributed by atoms with van der Waals surface area (Å²) in [5, 5.41) is 18.9. The van der Waals surface area contributed by atoms with Gasteiger partial charge < -0.3 is 14.7 Å². The van der Waals surface area contributed by atoms with Crippen molar-refractivity contribution in [2.75, 3.05) is 18.6 Å². The highest BCUT2D eigenvalue weighted by Gasteiger charge is 2.34. The summed E-state index contributed by atoms with van der Waals surface area (Å²) in [6, 6.07) is 7.96. The van der Waals surface area contributed by atoms with Crippen molar-refractivity contribution in [2.24, 2.45) is 0 Å². The second kappa shape index (κ2) is 7.13. The van der Waals surface area contributed by atoms with E-state index in [0.29, 0.717) is 18.9 Å². The Morgan fingerprint density at radius 3 is 2.71 bits per heavy atom. The first-order valence-electron chi connectivity index (χ1n) is 8.47. The molecule has 0 bridgehead atoms. The summed E-state index contributed by atoms with van der Waals surface area (Å²) < 4.78 is 5.32. The molecule has 128 valence electrons. The Morgan fingerprint density at radius 1 is 1.21 bits per heavy atom. The number of ether oxygens (including phenoxy) is 1. The summed E-state index contributed by atoms with van der Waals surface area (Å²) in [7, 11) is 1.66. The van der Waals surface area contributed by atoms with E-state index in [1.54, 1.807) is 7.11 Å². The number of hydrogen-bond acceptors (Lipinski definition) is 6. The molecular weight excluding hydrogens is 304 g/mol. The smallest absolute Gasteiger partial charge is 0.246 e. The first-order valence-corrected chi connectivity index (χ1v) is 8.47. The van der Waals surface area contributed by atoms with Crippen molar-refractivity contribution in [1.29, 1.82) is 0 Å². The minimum absolute atomic E-state index is 0.0223. The van der Waals surface area contributed by atoms with Gasteiger partial charge in [0.2, 0.25) is 5.95 Å². The van der Waals surface area contributed by atoms with Crippen LogP contribution in [-0.2, 0) is 12.8 Å². The van der Waals surface area contributed by atoms with Gasteiger partial charge in [-0.15, -0.1) is 5.10 Å². The van der Waals surface area contributed by atoms with Crippen LogP contribution < -0.4 is 9.64 Å². The largest absolute Gasteiger partial charge is 0.497 e. The van der Waals surface area contributed by atoms with E-state index in [1.807, 2.05) is 29.2 Å². The highest BCUT2D eigenvalue weighted by atomic mass is 16.5. The normalized spacial score (nSPS) is 20.4. The van der Waals surface area contributed by atoms with E-state index in [1.165, 1.54) is 0 Å². The fourth-order valence-electron chi connectivity index (χ4n) is 3.25. The molecule has 3 rings (SSSR count). The van der Waals surface area contributed by atoms with Crippen molar-refractivity contribution in [3.8, 4) is 5.75 Å². The van der Waals surface area contributed by atoms with Crippen molar-refractivity contribution >= 4 is 5.95 Å².